The highest BCUT2D eigenvalue weighted by atomic mass is 35.5. The van der Waals surface area contributed by atoms with E-state index in [1.807, 2.05) is 32.0 Å². The summed E-state index contributed by atoms with van der Waals surface area (Å²) in [5.74, 6) is 0.172. The van der Waals surface area contributed by atoms with Crippen molar-refractivity contribution in [3.8, 4) is 28.5 Å². The van der Waals surface area contributed by atoms with E-state index in [0.717, 1.165) is 22.3 Å². The van der Waals surface area contributed by atoms with Crippen molar-refractivity contribution in [1.29, 1.82) is 5.26 Å². The molecule has 0 unspecified atom stereocenters. The van der Waals surface area contributed by atoms with Crippen molar-refractivity contribution in [2.75, 3.05) is 5.73 Å². The van der Waals surface area contributed by atoms with Crippen LogP contribution in [-0.2, 0) is 0 Å². The van der Waals surface area contributed by atoms with Crippen LogP contribution in [0, 0.1) is 25.2 Å². The number of aromatic nitrogens is 1. The van der Waals surface area contributed by atoms with Crippen LogP contribution in [0.25, 0.3) is 22.4 Å². The van der Waals surface area contributed by atoms with E-state index in [-0.39, 0.29) is 5.82 Å². The number of rotatable bonds is 2. The van der Waals surface area contributed by atoms with Gasteiger partial charge in [-0.15, -0.1) is 0 Å². The molecule has 0 aliphatic carbocycles. The molecular formula is C20H15Cl2N3. The molecule has 124 valence electrons. The van der Waals surface area contributed by atoms with E-state index in [4.69, 9.17) is 28.9 Å². The predicted molar refractivity (Wildman–Crippen MR) is 104 cm³/mol. The average Bonchev–Trinajstić information content (AvgIpc) is 2.56. The molecule has 0 amide bonds. The van der Waals surface area contributed by atoms with Crippen LogP contribution in [0.2, 0.25) is 10.0 Å². The van der Waals surface area contributed by atoms with Gasteiger partial charge < -0.3 is 5.73 Å². The van der Waals surface area contributed by atoms with Crippen LogP contribution in [0.3, 0.4) is 0 Å². The Bertz CT molecular complexity index is 1020. The largest absolute Gasteiger partial charge is 0.383 e. The lowest BCUT2D eigenvalue weighted by atomic mass is 9.94. The van der Waals surface area contributed by atoms with Crippen LogP contribution in [0.4, 0.5) is 5.82 Å². The van der Waals surface area contributed by atoms with Gasteiger partial charge in [0.2, 0.25) is 0 Å². The highest BCUT2D eigenvalue weighted by Crippen LogP contribution is 2.36. The minimum atomic E-state index is 0.172. The van der Waals surface area contributed by atoms with Gasteiger partial charge in [0.05, 0.1) is 10.7 Å². The summed E-state index contributed by atoms with van der Waals surface area (Å²) in [7, 11) is 0. The minimum absolute atomic E-state index is 0.172. The fraction of sp³-hybridized carbons (Fsp3) is 0.100. The molecule has 1 heterocycles. The SMILES string of the molecule is Cc1ccc(-c2cc(-c3cc(Cl)ccc3Cl)nc(N)c2C#N)c(C)c1. The number of nitriles is 1. The maximum atomic E-state index is 9.55. The van der Waals surface area contributed by atoms with E-state index in [1.165, 1.54) is 0 Å². The van der Waals surface area contributed by atoms with E-state index >= 15 is 0 Å². The molecule has 0 aliphatic rings. The molecule has 0 radical (unpaired) electrons. The number of halogens is 2. The van der Waals surface area contributed by atoms with Crippen LogP contribution in [0.1, 0.15) is 16.7 Å². The fourth-order valence-electron chi connectivity index (χ4n) is 2.84. The van der Waals surface area contributed by atoms with Crippen molar-refractivity contribution in [2.24, 2.45) is 0 Å². The molecule has 0 atom stereocenters. The molecule has 0 saturated carbocycles. The Morgan fingerprint density at radius 3 is 2.40 bits per heavy atom. The molecule has 25 heavy (non-hydrogen) atoms. The van der Waals surface area contributed by atoms with Gasteiger partial charge in [0.1, 0.15) is 17.5 Å². The van der Waals surface area contributed by atoms with Gasteiger partial charge in [-0.1, -0.05) is 47.0 Å². The summed E-state index contributed by atoms with van der Waals surface area (Å²) in [6.45, 7) is 4.03. The van der Waals surface area contributed by atoms with Crippen molar-refractivity contribution in [2.45, 2.75) is 13.8 Å². The van der Waals surface area contributed by atoms with Gasteiger partial charge in [-0.25, -0.2) is 4.98 Å². The first-order valence-corrected chi connectivity index (χ1v) is 8.40. The number of anilines is 1. The Balaban J connectivity index is 2.30. The molecule has 0 aliphatic heterocycles. The highest BCUT2D eigenvalue weighted by molar-refractivity contribution is 6.35. The van der Waals surface area contributed by atoms with E-state index in [1.54, 1.807) is 18.2 Å². The molecule has 0 fully saturated rings. The Morgan fingerprint density at radius 2 is 1.72 bits per heavy atom. The number of nitrogen functional groups attached to an aromatic ring is 1. The average molecular weight is 368 g/mol. The molecule has 2 N–H and O–H groups in total. The first kappa shape index (κ1) is 17.3. The molecule has 0 spiro atoms. The lowest BCUT2D eigenvalue weighted by Gasteiger charge is -2.13. The van der Waals surface area contributed by atoms with Crippen LogP contribution < -0.4 is 5.73 Å². The quantitative estimate of drug-likeness (QED) is 0.622. The molecular weight excluding hydrogens is 353 g/mol. The summed E-state index contributed by atoms with van der Waals surface area (Å²) in [6, 6.07) is 15.2. The Morgan fingerprint density at radius 1 is 0.960 bits per heavy atom. The summed E-state index contributed by atoms with van der Waals surface area (Å²) in [4.78, 5) is 4.36. The van der Waals surface area contributed by atoms with E-state index in [0.29, 0.717) is 26.9 Å². The lowest BCUT2D eigenvalue weighted by Crippen LogP contribution is -2.01. The Hall–Kier alpha value is -2.54. The minimum Gasteiger partial charge on any atom is -0.383 e. The van der Waals surface area contributed by atoms with Crippen LogP contribution in [0.15, 0.2) is 42.5 Å². The smallest absolute Gasteiger partial charge is 0.142 e. The number of nitrogens with zero attached hydrogens (tertiary/aromatic N) is 2. The standard InChI is InChI=1S/C20H15Cl2N3/c1-11-3-5-14(12(2)7-11)15-9-19(25-20(24)17(15)10-23)16-8-13(21)4-6-18(16)22/h3-9H,1-2H3,(H2,24,25). The van der Waals surface area contributed by atoms with Crippen molar-refractivity contribution in [1.82, 2.24) is 4.98 Å². The first-order valence-electron chi connectivity index (χ1n) is 7.64. The molecule has 0 bridgehead atoms. The van der Waals surface area contributed by atoms with Crippen molar-refractivity contribution in [3.05, 3.63) is 69.2 Å². The number of aryl methyl sites for hydroxylation is 2. The van der Waals surface area contributed by atoms with E-state index in [9.17, 15) is 5.26 Å². The Kier molecular flexibility index (Phi) is 4.67. The summed E-state index contributed by atoms with van der Waals surface area (Å²) >= 11 is 12.4. The second-order valence-electron chi connectivity index (χ2n) is 5.87. The summed E-state index contributed by atoms with van der Waals surface area (Å²) in [5.41, 5.74) is 11.6. The normalized spacial score (nSPS) is 10.5. The lowest BCUT2D eigenvalue weighted by molar-refractivity contribution is 1.30. The van der Waals surface area contributed by atoms with E-state index < -0.39 is 0 Å². The molecule has 2 aromatic carbocycles. The fourth-order valence-corrected chi connectivity index (χ4v) is 3.23. The van der Waals surface area contributed by atoms with Crippen LogP contribution in [0.5, 0.6) is 0 Å². The Labute approximate surface area is 156 Å². The highest BCUT2D eigenvalue weighted by Gasteiger charge is 2.16. The molecule has 1 aromatic heterocycles. The van der Waals surface area contributed by atoms with Crippen molar-refractivity contribution in [3.63, 3.8) is 0 Å². The zero-order valence-corrected chi connectivity index (χ0v) is 15.3. The first-order chi connectivity index (χ1) is 11.9. The number of hydrogen-bond donors (Lipinski definition) is 1. The van der Waals surface area contributed by atoms with E-state index in [2.05, 4.69) is 17.1 Å². The van der Waals surface area contributed by atoms with Crippen molar-refractivity contribution >= 4 is 29.0 Å². The van der Waals surface area contributed by atoms with Gasteiger partial charge in [0.15, 0.2) is 0 Å². The zero-order chi connectivity index (χ0) is 18.1. The van der Waals surface area contributed by atoms with Crippen LogP contribution in [-0.4, -0.2) is 4.98 Å². The zero-order valence-electron chi connectivity index (χ0n) is 13.8. The number of benzene rings is 2. The molecule has 0 saturated heterocycles. The topological polar surface area (TPSA) is 62.7 Å². The maximum absolute atomic E-state index is 9.55. The third kappa shape index (κ3) is 3.32. The maximum Gasteiger partial charge on any atom is 0.142 e. The summed E-state index contributed by atoms with van der Waals surface area (Å²) < 4.78 is 0. The second-order valence-corrected chi connectivity index (χ2v) is 6.71. The van der Waals surface area contributed by atoms with Gasteiger partial charge in [-0.2, -0.15) is 5.26 Å². The van der Waals surface area contributed by atoms with Gasteiger partial charge in [0, 0.05) is 16.1 Å². The second kappa shape index (κ2) is 6.76. The number of hydrogen-bond acceptors (Lipinski definition) is 3. The molecule has 3 aromatic rings. The van der Waals surface area contributed by atoms with Gasteiger partial charge in [-0.3, -0.25) is 0 Å². The monoisotopic (exact) mass is 367 g/mol. The third-order valence-corrected chi connectivity index (χ3v) is 4.60. The summed E-state index contributed by atoms with van der Waals surface area (Å²) in [6.07, 6.45) is 0. The van der Waals surface area contributed by atoms with Gasteiger partial charge in [-0.05, 0) is 49.2 Å². The predicted octanol–water partition coefficient (Wildman–Crippen LogP) is 5.79. The van der Waals surface area contributed by atoms with Crippen molar-refractivity contribution < 1.29 is 0 Å². The number of nitrogens with two attached hydrogens (primary N) is 1. The summed E-state index contributed by atoms with van der Waals surface area (Å²) in [5, 5.41) is 10.6. The van der Waals surface area contributed by atoms with Gasteiger partial charge in [0.25, 0.3) is 0 Å². The van der Waals surface area contributed by atoms with Gasteiger partial charge >= 0.3 is 0 Å². The third-order valence-electron chi connectivity index (χ3n) is 4.04. The van der Waals surface area contributed by atoms with Crippen LogP contribution >= 0.6 is 23.2 Å². The molecule has 3 rings (SSSR count). The number of pyridine rings is 1. The molecule has 3 nitrogen and oxygen atoms in total. The molecule has 5 heteroatoms.